The molecule has 2 N–H and O–H groups in total. The van der Waals surface area contributed by atoms with Crippen molar-refractivity contribution in [2.75, 3.05) is 26.2 Å². The van der Waals surface area contributed by atoms with Gasteiger partial charge in [-0.2, -0.15) is 0 Å². The lowest BCUT2D eigenvalue weighted by molar-refractivity contribution is -0.929. The Morgan fingerprint density at radius 1 is 0.522 bits per heavy atom. The lowest BCUT2D eigenvalue weighted by atomic mass is 10.0. The van der Waals surface area contributed by atoms with Gasteiger partial charge in [-0.05, 0) is 19.3 Å². The first kappa shape index (κ1) is 44.1. The Morgan fingerprint density at radius 3 is 1.20 bits per heavy atom. The van der Waals surface area contributed by atoms with E-state index < -0.39 is 35.7 Å². The summed E-state index contributed by atoms with van der Waals surface area (Å²) in [6, 6.07) is 0. The van der Waals surface area contributed by atoms with E-state index in [1.807, 2.05) is 0 Å². The van der Waals surface area contributed by atoms with Gasteiger partial charge in [0.25, 0.3) is 0 Å². The van der Waals surface area contributed by atoms with Crippen LogP contribution in [0.5, 0.6) is 0 Å². The number of nitrogens with zero attached hydrogens (tertiary/aromatic N) is 1. The first-order valence-electron chi connectivity index (χ1n) is 19.2. The van der Waals surface area contributed by atoms with Gasteiger partial charge in [0.1, 0.15) is 0 Å². The Hall–Kier alpha value is -1.89. The highest BCUT2D eigenvalue weighted by Crippen LogP contribution is 2.21. The largest absolute Gasteiger partial charge is 0.550 e. The maximum atomic E-state index is 11.5. The molecule has 0 rings (SSSR count). The first-order chi connectivity index (χ1) is 22.0. The molecule has 0 aliphatic heterocycles. The monoisotopic (exact) mass is 652 g/mol. The van der Waals surface area contributed by atoms with Crippen LogP contribution < -0.4 is 5.11 Å². The molecule has 270 valence electrons. The summed E-state index contributed by atoms with van der Waals surface area (Å²) in [5, 5.41) is 30.3. The van der Waals surface area contributed by atoms with Crippen molar-refractivity contribution in [2.24, 2.45) is 17.8 Å². The van der Waals surface area contributed by atoms with E-state index in [1.54, 1.807) is 20.8 Å². The van der Waals surface area contributed by atoms with Gasteiger partial charge in [-0.25, -0.2) is 0 Å². The van der Waals surface area contributed by atoms with Crippen molar-refractivity contribution in [3.63, 3.8) is 0 Å². The van der Waals surface area contributed by atoms with Crippen LogP contribution in [0, 0.1) is 17.8 Å². The fraction of sp³-hybridized carbons (Fsp3) is 0.872. The molecular weight excluding hydrogens is 578 g/mol. The number of hydrogen-bond donors (Lipinski definition) is 2. The average Bonchev–Trinajstić information content (AvgIpc) is 3.03. The van der Waals surface area contributed by atoms with Crippen molar-refractivity contribution in [1.82, 2.24) is 0 Å². The fourth-order valence-electron chi connectivity index (χ4n) is 6.21. The first-order valence-corrected chi connectivity index (χ1v) is 19.2. The molecule has 3 unspecified atom stereocenters. The van der Waals surface area contributed by atoms with E-state index in [4.69, 9.17) is 0 Å². The number of rotatable bonds is 34. The zero-order chi connectivity index (χ0) is 34.5. The van der Waals surface area contributed by atoms with Gasteiger partial charge in [0, 0.05) is 37.6 Å². The molecule has 46 heavy (non-hydrogen) atoms. The summed E-state index contributed by atoms with van der Waals surface area (Å²) < 4.78 is 0.555. The summed E-state index contributed by atoms with van der Waals surface area (Å²) in [6.07, 6.45) is 32.2. The van der Waals surface area contributed by atoms with Crippen LogP contribution >= 0.6 is 0 Å². The number of quaternary nitrogens is 1. The van der Waals surface area contributed by atoms with Crippen molar-refractivity contribution in [1.29, 1.82) is 0 Å². The molecule has 7 heteroatoms. The van der Waals surface area contributed by atoms with Gasteiger partial charge in [-0.3, -0.25) is 9.59 Å². The third kappa shape index (κ3) is 25.2. The molecule has 0 aromatic carbocycles. The molecular formula is C39H73NO6. The summed E-state index contributed by atoms with van der Waals surface area (Å²) in [7, 11) is 0. The van der Waals surface area contributed by atoms with Crippen molar-refractivity contribution in [2.45, 2.75) is 175 Å². The van der Waals surface area contributed by atoms with E-state index in [2.05, 4.69) is 19.1 Å². The highest BCUT2D eigenvalue weighted by molar-refractivity contribution is 5.69. The molecule has 0 radical (unpaired) electrons. The van der Waals surface area contributed by atoms with Crippen molar-refractivity contribution < 1.29 is 34.2 Å². The second-order valence-electron chi connectivity index (χ2n) is 14.4. The highest BCUT2D eigenvalue weighted by Gasteiger charge is 2.30. The molecule has 0 saturated heterocycles. The number of carbonyl (C=O) groups is 3. The second-order valence-corrected chi connectivity index (χ2v) is 14.4. The predicted octanol–water partition coefficient (Wildman–Crippen LogP) is 9.18. The number of carboxylic acids is 3. The lowest BCUT2D eigenvalue weighted by Crippen LogP contribution is -2.52. The van der Waals surface area contributed by atoms with E-state index in [9.17, 15) is 29.7 Å². The van der Waals surface area contributed by atoms with Crippen LogP contribution in [0.25, 0.3) is 0 Å². The third-order valence-corrected chi connectivity index (χ3v) is 10.00. The molecule has 0 aromatic heterocycles. The molecule has 0 amide bonds. The van der Waals surface area contributed by atoms with E-state index in [-0.39, 0.29) is 0 Å². The topological polar surface area (TPSA) is 115 Å². The number of aliphatic carboxylic acids is 3. The van der Waals surface area contributed by atoms with Crippen LogP contribution in [-0.2, 0) is 14.4 Å². The average molecular weight is 652 g/mol. The predicted molar refractivity (Wildman–Crippen MR) is 189 cm³/mol. The van der Waals surface area contributed by atoms with Crippen LogP contribution in [0.4, 0.5) is 0 Å². The number of unbranched alkanes of at least 4 members (excludes halogenated alkanes) is 18. The zero-order valence-electron chi connectivity index (χ0n) is 30.5. The Balaban J connectivity index is 4.34. The normalized spacial score (nSPS) is 15.0. The molecule has 0 aliphatic carbocycles. The summed E-state index contributed by atoms with van der Waals surface area (Å²) in [6.45, 7) is 9.88. The number of hydrogen-bond acceptors (Lipinski definition) is 4. The molecule has 0 bridgehead atoms. The van der Waals surface area contributed by atoms with Gasteiger partial charge in [-0.1, -0.05) is 143 Å². The molecule has 0 aliphatic rings. The zero-order valence-corrected chi connectivity index (χ0v) is 30.5. The SMILES string of the molecule is CCCCCCCCCCCCCCCCCCC/C=C/CCC[N+](CCC(C)C(=O)[O-])(CCC(C)C(=O)O)CCC(C)C(=O)O. The maximum Gasteiger partial charge on any atom is 0.306 e. The molecule has 7 nitrogen and oxygen atoms in total. The number of carbonyl (C=O) groups excluding carboxylic acids is 1. The van der Waals surface area contributed by atoms with Gasteiger partial charge < -0.3 is 24.6 Å². The Kier molecular flexibility index (Phi) is 28.1. The van der Waals surface area contributed by atoms with Crippen molar-refractivity contribution >= 4 is 17.9 Å². The standard InChI is InChI=1S/C39H73NO6/c1-5-6-7-8-9-10-11-12-13-14-15-16-17-18-19-20-21-22-23-24-25-26-30-40(31-27-34(2)37(41)42,32-28-35(3)38(43)44)33-29-36(4)39(45)46/h23-24,34-36H,5-22,25-33H2,1-4H3,(H2-,41,42,43,44,45,46)/b24-23+. The summed E-state index contributed by atoms with van der Waals surface area (Å²) in [5.74, 6) is -4.37. The van der Waals surface area contributed by atoms with Crippen LogP contribution in [-0.4, -0.2) is 58.8 Å². The van der Waals surface area contributed by atoms with E-state index >= 15 is 0 Å². The smallest absolute Gasteiger partial charge is 0.306 e. The van der Waals surface area contributed by atoms with Crippen LogP contribution in [0.2, 0.25) is 0 Å². The summed E-state index contributed by atoms with van der Waals surface area (Å²) in [4.78, 5) is 34.4. The molecule has 0 saturated carbocycles. The second kappa shape index (κ2) is 29.3. The molecule has 0 fully saturated rings. The summed E-state index contributed by atoms with van der Waals surface area (Å²) >= 11 is 0. The van der Waals surface area contributed by atoms with Crippen LogP contribution in [0.3, 0.4) is 0 Å². The van der Waals surface area contributed by atoms with Crippen LogP contribution in [0.15, 0.2) is 12.2 Å². The van der Waals surface area contributed by atoms with Gasteiger partial charge >= 0.3 is 11.9 Å². The molecule has 0 spiro atoms. The number of allylic oxidation sites excluding steroid dienone is 2. The number of carboxylic acid groups (broad SMARTS) is 3. The van der Waals surface area contributed by atoms with Crippen molar-refractivity contribution in [3.05, 3.63) is 12.2 Å². The van der Waals surface area contributed by atoms with Gasteiger partial charge in [0.15, 0.2) is 0 Å². The van der Waals surface area contributed by atoms with E-state index in [0.717, 1.165) is 25.8 Å². The van der Waals surface area contributed by atoms with Gasteiger partial charge in [0.05, 0.1) is 38.0 Å². The minimum absolute atomic E-state index is 0.431. The fourth-order valence-corrected chi connectivity index (χ4v) is 6.21. The minimum atomic E-state index is -1.08. The Bertz CT molecular complexity index is 738. The van der Waals surface area contributed by atoms with Gasteiger partial charge in [0.2, 0.25) is 0 Å². The molecule has 0 heterocycles. The van der Waals surface area contributed by atoms with Crippen LogP contribution in [0.1, 0.15) is 175 Å². The quantitative estimate of drug-likeness (QED) is 0.0407. The minimum Gasteiger partial charge on any atom is -0.550 e. The van der Waals surface area contributed by atoms with E-state index in [1.165, 1.54) is 109 Å². The molecule has 3 atom stereocenters. The van der Waals surface area contributed by atoms with Gasteiger partial charge in [-0.15, -0.1) is 0 Å². The summed E-state index contributed by atoms with van der Waals surface area (Å²) in [5.41, 5.74) is 0. The van der Waals surface area contributed by atoms with Crippen molar-refractivity contribution in [3.8, 4) is 0 Å². The lowest BCUT2D eigenvalue weighted by Gasteiger charge is -2.41. The Labute approximate surface area is 283 Å². The molecule has 0 aromatic rings. The highest BCUT2D eigenvalue weighted by atomic mass is 16.4. The third-order valence-electron chi connectivity index (χ3n) is 10.00. The Morgan fingerprint density at radius 2 is 0.848 bits per heavy atom. The maximum absolute atomic E-state index is 11.5. The van der Waals surface area contributed by atoms with E-state index in [0.29, 0.717) is 43.4 Å².